The van der Waals surface area contributed by atoms with E-state index in [1.807, 2.05) is 18.2 Å². The molecule has 3 rings (SSSR count). The van der Waals surface area contributed by atoms with Gasteiger partial charge in [0.25, 0.3) is 0 Å². The molecule has 0 spiro atoms. The summed E-state index contributed by atoms with van der Waals surface area (Å²) in [6.45, 7) is 3.43. The van der Waals surface area contributed by atoms with E-state index in [-0.39, 0.29) is 11.8 Å². The van der Waals surface area contributed by atoms with Crippen LogP contribution < -0.4 is 10.1 Å². The molecule has 1 aliphatic heterocycles. The third-order valence-corrected chi connectivity index (χ3v) is 5.45. The van der Waals surface area contributed by atoms with Gasteiger partial charge in [0, 0.05) is 31.1 Å². The molecule has 1 heterocycles. The Hall–Kier alpha value is -2.04. The summed E-state index contributed by atoms with van der Waals surface area (Å²) in [6, 6.07) is 6.22. The van der Waals surface area contributed by atoms with Crippen molar-refractivity contribution in [2.45, 2.75) is 70.8 Å². The number of hydrogen-bond acceptors (Lipinski definition) is 3. The quantitative estimate of drug-likeness (QED) is 0.752. The molecule has 1 aromatic carbocycles. The monoisotopic (exact) mass is 358 g/mol. The zero-order valence-electron chi connectivity index (χ0n) is 15.8. The third-order valence-electron chi connectivity index (χ3n) is 5.45. The maximum atomic E-state index is 12.5. The Labute approximate surface area is 156 Å². The number of nitrogens with zero attached hydrogens (tertiary/aromatic N) is 1. The summed E-state index contributed by atoms with van der Waals surface area (Å²) in [5.74, 6) is 1.14. The van der Waals surface area contributed by atoms with Crippen LogP contribution in [0.2, 0.25) is 0 Å². The number of anilines is 1. The van der Waals surface area contributed by atoms with E-state index in [1.165, 1.54) is 19.3 Å². The van der Waals surface area contributed by atoms with Crippen LogP contribution in [0, 0.1) is 0 Å². The molecular weight excluding hydrogens is 328 g/mol. The molecule has 5 nitrogen and oxygen atoms in total. The summed E-state index contributed by atoms with van der Waals surface area (Å²) in [5.41, 5.74) is 2.00. The molecule has 1 N–H and O–H groups in total. The fourth-order valence-electron chi connectivity index (χ4n) is 4.04. The average Bonchev–Trinajstić information content (AvgIpc) is 2.66. The topological polar surface area (TPSA) is 58.6 Å². The van der Waals surface area contributed by atoms with Gasteiger partial charge in [-0.3, -0.25) is 9.59 Å². The van der Waals surface area contributed by atoms with Crippen LogP contribution in [-0.2, 0) is 16.0 Å². The summed E-state index contributed by atoms with van der Waals surface area (Å²) in [7, 11) is 0. The minimum atomic E-state index is 0.0723. The normalized spacial score (nSPS) is 17.3. The standard InChI is InChI=1S/C21H30N2O3/c1-2-23(17-7-4-3-5-8-17)21(25)9-6-14-26-18-11-12-19-16(15-18)10-13-20(24)22-19/h11-12,15,17H,2-10,13-14H2,1H3,(H,22,24). The van der Waals surface area contributed by atoms with Gasteiger partial charge >= 0.3 is 0 Å². The summed E-state index contributed by atoms with van der Waals surface area (Å²) >= 11 is 0. The van der Waals surface area contributed by atoms with Gasteiger partial charge in [0.05, 0.1) is 6.61 Å². The minimum Gasteiger partial charge on any atom is -0.494 e. The molecule has 0 aromatic heterocycles. The zero-order chi connectivity index (χ0) is 18.4. The number of aryl methyl sites for hydroxylation is 1. The van der Waals surface area contributed by atoms with Crippen LogP contribution in [0.1, 0.15) is 63.9 Å². The van der Waals surface area contributed by atoms with E-state index in [1.54, 1.807) is 0 Å². The van der Waals surface area contributed by atoms with Crippen LogP contribution in [0.25, 0.3) is 0 Å². The summed E-state index contributed by atoms with van der Waals surface area (Å²) < 4.78 is 5.82. The first-order valence-electron chi connectivity index (χ1n) is 10.0. The van der Waals surface area contributed by atoms with Crippen LogP contribution in [0.3, 0.4) is 0 Å². The highest BCUT2D eigenvalue weighted by molar-refractivity contribution is 5.94. The van der Waals surface area contributed by atoms with E-state index in [4.69, 9.17) is 4.74 Å². The van der Waals surface area contributed by atoms with Crippen molar-refractivity contribution in [3.05, 3.63) is 23.8 Å². The Morgan fingerprint density at radius 2 is 2.04 bits per heavy atom. The largest absolute Gasteiger partial charge is 0.494 e. The fraction of sp³-hybridized carbons (Fsp3) is 0.619. The Morgan fingerprint density at radius 1 is 1.23 bits per heavy atom. The van der Waals surface area contributed by atoms with Gasteiger partial charge in [-0.1, -0.05) is 19.3 Å². The Morgan fingerprint density at radius 3 is 2.81 bits per heavy atom. The Kier molecular flexibility index (Phi) is 6.53. The molecule has 0 bridgehead atoms. The van der Waals surface area contributed by atoms with Gasteiger partial charge in [0.15, 0.2) is 0 Å². The second-order valence-electron chi connectivity index (χ2n) is 7.29. The molecule has 142 valence electrons. The van der Waals surface area contributed by atoms with Crippen LogP contribution in [0.4, 0.5) is 5.69 Å². The van der Waals surface area contributed by atoms with Gasteiger partial charge in [-0.25, -0.2) is 0 Å². The predicted octanol–water partition coefficient (Wildman–Crippen LogP) is 3.91. The fourth-order valence-corrected chi connectivity index (χ4v) is 4.04. The van der Waals surface area contributed by atoms with Crippen molar-refractivity contribution in [1.29, 1.82) is 0 Å². The van der Waals surface area contributed by atoms with Crippen LogP contribution in [0.15, 0.2) is 18.2 Å². The summed E-state index contributed by atoms with van der Waals surface area (Å²) in [5, 5.41) is 2.87. The molecule has 0 saturated heterocycles. The van der Waals surface area contributed by atoms with Crippen molar-refractivity contribution in [2.75, 3.05) is 18.5 Å². The first-order valence-corrected chi connectivity index (χ1v) is 10.0. The average molecular weight is 358 g/mol. The molecule has 1 saturated carbocycles. The lowest BCUT2D eigenvalue weighted by atomic mass is 9.94. The van der Waals surface area contributed by atoms with E-state index >= 15 is 0 Å². The van der Waals surface area contributed by atoms with Crippen LogP contribution in [-0.4, -0.2) is 35.9 Å². The highest BCUT2D eigenvalue weighted by Gasteiger charge is 2.23. The predicted molar refractivity (Wildman–Crippen MR) is 102 cm³/mol. The van der Waals surface area contributed by atoms with E-state index in [0.29, 0.717) is 25.5 Å². The smallest absolute Gasteiger partial charge is 0.224 e. The Bertz CT molecular complexity index is 638. The SMILES string of the molecule is CCN(C(=O)CCCOc1ccc2c(c1)CCC(=O)N2)C1CCCCC1. The van der Waals surface area contributed by atoms with Gasteiger partial charge < -0.3 is 15.0 Å². The summed E-state index contributed by atoms with van der Waals surface area (Å²) in [4.78, 5) is 26.0. The molecule has 0 atom stereocenters. The number of carbonyl (C=O) groups is 2. The minimum absolute atomic E-state index is 0.0723. The summed E-state index contributed by atoms with van der Waals surface area (Å²) in [6.07, 6.45) is 8.67. The van der Waals surface area contributed by atoms with E-state index in [2.05, 4.69) is 17.1 Å². The number of fused-ring (bicyclic) bond motifs is 1. The Balaban J connectivity index is 1.43. The van der Waals surface area contributed by atoms with E-state index in [0.717, 1.165) is 49.2 Å². The first kappa shape index (κ1) is 18.7. The number of benzene rings is 1. The lowest BCUT2D eigenvalue weighted by Crippen LogP contribution is -2.41. The van der Waals surface area contributed by atoms with Gasteiger partial charge in [0.1, 0.15) is 5.75 Å². The van der Waals surface area contributed by atoms with Gasteiger partial charge in [0.2, 0.25) is 11.8 Å². The van der Waals surface area contributed by atoms with Crippen molar-refractivity contribution in [3.8, 4) is 5.75 Å². The number of ether oxygens (including phenoxy) is 1. The van der Waals surface area contributed by atoms with Crippen molar-refractivity contribution < 1.29 is 14.3 Å². The number of hydrogen-bond donors (Lipinski definition) is 1. The molecule has 1 aromatic rings. The highest BCUT2D eigenvalue weighted by Crippen LogP contribution is 2.27. The first-order chi connectivity index (χ1) is 12.7. The second-order valence-corrected chi connectivity index (χ2v) is 7.29. The molecule has 5 heteroatoms. The number of carbonyl (C=O) groups excluding carboxylic acids is 2. The van der Waals surface area contributed by atoms with Gasteiger partial charge in [-0.15, -0.1) is 0 Å². The van der Waals surface area contributed by atoms with Crippen LogP contribution in [0.5, 0.6) is 5.75 Å². The lowest BCUT2D eigenvalue weighted by molar-refractivity contribution is -0.134. The van der Waals surface area contributed by atoms with E-state index in [9.17, 15) is 9.59 Å². The van der Waals surface area contributed by atoms with Crippen molar-refractivity contribution in [2.24, 2.45) is 0 Å². The van der Waals surface area contributed by atoms with Gasteiger partial charge in [-0.2, -0.15) is 0 Å². The zero-order valence-corrected chi connectivity index (χ0v) is 15.8. The molecule has 0 radical (unpaired) electrons. The van der Waals surface area contributed by atoms with E-state index < -0.39 is 0 Å². The molecule has 1 aliphatic carbocycles. The maximum Gasteiger partial charge on any atom is 0.224 e. The lowest BCUT2D eigenvalue weighted by Gasteiger charge is -2.33. The van der Waals surface area contributed by atoms with Crippen molar-refractivity contribution in [3.63, 3.8) is 0 Å². The number of rotatable bonds is 7. The molecule has 2 amide bonds. The maximum absolute atomic E-state index is 12.5. The van der Waals surface area contributed by atoms with Crippen LogP contribution >= 0.6 is 0 Å². The molecule has 2 aliphatic rings. The number of nitrogens with one attached hydrogen (secondary N) is 1. The number of amides is 2. The third kappa shape index (κ3) is 4.77. The molecule has 1 fully saturated rings. The second kappa shape index (κ2) is 9.06. The van der Waals surface area contributed by atoms with Crippen molar-refractivity contribution in [1.82, 2.24) is 4.90 Å². The molecular formula is C21H30N2O3. The molecule has 0 unspecified atom stereocenters. The van der Waals surface area contributed by atoms with Gasteiger partial charge in [-0.05, 0) is 56.4 Å². The highest BCUT2D eigenvalue weighted by atomic mass is 16.5. The molecule has 26 heavy (non-hydrogen) atoms. The van der Waals surface area contributed by atoms with Crippen molar-refractivity contribution >= 4 is 17.5 Å².